The van der Waals surface area contributed by atoms with Crippen LogP contribution in [-0.2, 0) is 0 Å². The summed E-state index contributed by atoms with van der Waals surface area (Å²) in [6.45, 7) is 13.2. The van der Waals surface area contributed by atoms with E-state index in [4.69, 9.17) is 0 Å². The quantitative estimate of drug-likeness (QED) is 0.597. The molecule has 0 aliphatic rings. The van der Waals surface area contributed by atoms with Gasteiger partial charge in [-0.3, -0.25) is 4.57 Å². The summed E-state index contributed by atoms with van der Waals surface area (Å²) in [4.78, 5) is 30.0. The minimum atomic E-state index is -0.207. The first kappa shape index (κ1) is 17.4. The lowest BCUT2D eigenvalue weighted by molar-refractivity contribution is 0.526. The molecule has 7 nitrogen and oxygen atoms in total. The molecule has 0 amide bonds. The van der Waals surface area contributed by atoms with Gasteiger partial charge in [-0.15, -0.1) is 4.91 Å². The fraction of sp³-hybridized carbons (Fsp3) is 0.294. The van der Waals surface area contributed by atoms with E-state index in [9.17, 15) is 9.70 Å². The first-order valence-electron chi connectivity index (χ1n) is 7.65. The maximum absolute atomic E-state index is 12.3. The van der Waals surface area contributed by atoms with Crippen molar-refractivity contribution < 1.29 is 0 Å². The zero-order chi connectivity index (χ0) is 17.9. The third kappa shape index (κ3) is 3.34. The van der Waals surface area contributed by atoms with E-state index in [1.54, 1.807) is 23.8 Å². The fourth-order valence-corrected chi connectivity index (χ4v) is 2.32. The third-order valence-electron chi connectivity index (χ3n) is 3.80. The molecule has 24 heavy (non-hydrogen) atoms. The average molecular weight is 327 g/mol. The molecule has 0 spiro atoms. The maximum Gasteiger partial charge on any atom is 0.327 e. The molecule has 1 unspecified atom stereocenters. The van der Waals surface area contributed by atoms with Gasteiger partial charge in [0.25, 0.3) is 0 Å². The number of fused-ring (bicyclic) bond motifs is 1. The van der Waals surface area contributed by atoms with Crippen molar-refractivity contribution >= 4 is 16.9 Å². The van der Waals surface area contributed by atoms with Gasteiger partial charge in [0.1, 0.15) is 11.2 Å². The Morgan fingerprint density at radius 3 is 2.83 bits per heavy atom. The van der Waals surface area contributed by atoms with Crippen LogP contribution in [0.4, 0.5) is 5.69 Å². The van der Waals surface area contributed by atoms with Gasteiger partial charge in [0, 0.05) is 17.9 Å². The minimum Gasteiger partial charge on any atom is -0.353 e. The topological polar surface area (TPSA) is 92.1 Å². The van der Waals surface area contributed by atoms with Gasteiger partial charge < -0.3 is 10.3 Å². The monoisotopic (exact) mass is 327 g/mol. The summed E-state index contributed by atoms with van der Waals surface area (Å²) in [6.07, 6.45) is 3.94. The second-order valence-corrected chi connectivity index (χ2v) is 5.66. The molecule has 0 bridgehead atoms. The fourth-order valence-electron chi connectivity index (χ4n) is 2.32. The summed E-state index contributed by atoms with van der Waals surface area (Å²) in [5.74, 6) is 0. The lowest BCUT2D eigenvalue weighted by Crippen LogP contribution is -2.20. The summed E-state index contributed by atoms with van der Waals surface area (Å²) in [5, 5.41) is 5.95. The molecule has 0 aliphatic carbocycles. The zero-order valence-corrected chi connectivity index (χ0v) is 14.1. The summed E-state index contributed by atoms with van der Waals surface area (Å²) in [5.41, 5.74) is 2.99. The van der Waals surface area contributed by atoms with Crippen molar-refractivity contribution in [3.63, 3.8) is 0 Å². The Morgan fingerprint density at radius 2 is 2.25 bits per heavy atom. The van der Waals surface area contributed by atoms with Crippen molar-refractivity contribution in [3.05, 3.63) is 63.9 Å². The number of anilines is 1. The molecule has 0 saturated heterocycles. The molecule has 2 N–H and O–H groups in total. The smallest absolute Gasteiger partial charge is 0.327 e. The molecule has 2 heterocycles. The van der Waals surface area contributed by atoms with E-state index in [0.717, 1.165) is 6.42 Å². The largest absolute Gasteiger partial charge is 0.353 e. The Hall–Kier alpha value is -2.96. The first-order chi connectivity index (χ1) is 11.4. The lowest BCUT2D eigenvalue weighted by atomic mass is 10.2. The van der Waals surface area contributed by atoms with Crippen molar-refractivity contribution in [2.45, 2.75) is 33.2 Å². The summed E-state index contributed by atoms with van der Waals surface area (Å²) in [6, 6.07) is 1.77. The van der Waals surface area contributed by atoms with Crippen LogP contribution in [0.2, 0.25) is 0 Å². The number of imidazole rings is 1. The van der Waals surface area contributed by atoms with Gasteiger partial charge in [-0.25, -0.2) is 9.78 Å². The van der Waals surface area contributed by atoms with Crippen molar-refractivity contribution in [1.29, 1.82) is 0 Å². The van der Waals surface area contributed by atoms with E-state index >= 15 is 0 Å². The number of nitrogens with zero attached hydrogens (tertiary/aromatic N) is 3. The Balaban J connectivity index is 2.56. The number of aromatic nitrogens is 3. The standard InChI is InChI=1S/C17H21N5O2/c1-6-12(5)22-16-15(20-17(22)23)13(7-8-18-16)19-14(10(2)3)9-11(4)21-24/h7-9,12H,2,4,6H2,1,3,5H3,(H,18,19)(H,20,23)/b14-9+. The van der Waals surface area contributed by atoms with Gasteiger partial charge in [0.15, 0.2) is 5.65 Å². The van der Waals surface area contributed by atoms with Gasteiger partial charge in [-0.2, -0.15) is 0 Å². The molecule has 2 rings (SSSR count). The van der Waals surface area contributed by atoms with Gasteiger partial charge >= 0.3 is 5.69 Å². The zero-order valence-electron chi connectivity index (χ0n) is 14.1. The minimum absolute atomic E-state index is 0.0317. The van der Waals surface area contributed by atoms with Gasteiger partial charge in [-0.05, 0) is 43.2 Å². The van der Waals surface area contributed by atoms with E-state index in [2.05, 4.69) is 33.6 Å². The highest BCUT2D eigenvalue weighted by atomic mass is 16.3. The summed E-state index contributed by atoms with van der Waals surface area (Å²) in [7, 11) is 0. The number of nitrogens with one attached hydrogen (secondary N) is 2. The highest BCUT2D eigenvalue weighted by molar-refractivity contribution is 5.86. The molecule has 2 aromatic heterocycles. The second-order valence-electron chi connectivity index (χ2n) is 5.66. The van der Waals surface area contributed by atoms with E-state index in [1.807, 2.05) is 13.8 Å². The van der Waals surface area contributed by atoms with Gasteiger partial charge in [0.2, 0.25) is 0 Å². The molecule has 2 aromatic rings. The van der Waals surface area contributed by atoms with Crippen LogP contribution in [-0.4, -0.2) is 14.5 Å². The number of nitroso groups, excluding NO2 is 1. The van der Waals surface area contributed by atoms with E-state index in [-0.39, 0.29) is 17.4 Å². The van der Waals surface area contributed by atoms with Crippen molar-refractivity contribution in [2.24, 2.45) is 5.18 Å². The number of aromatic amines is 1. The highest BCUT2D eigenvalue weighted by Crippen LogP contribution is 2.24. The number of rotatable bonds is 7. The molecular formula is C17H21N5O2. The van der Waals surface area contributed by atoms with Crippen LogP contribution in [0.1, 0.15) is 33.2 Å². The van der Waals surface area contributed by atoms with Crippen LogP contribution in [0.5, 0.6) is 0 Å². The second kappa shape index (κ2) is 7.08. The SMILES string of the molecule is C=C(/C=C(/Nc1ccnc2c1[nH]c(=O)n2C(C)CC)C(=C)C)N=O. The predicted octanol–water partition coefficient (Wildman–Crippen LogP) is 3.85. The molecule has 126 valence electrons. The molecular weight excluding hydrogens is 306 g/mol. The third-order valence-corrected chi connectivity index (χ3v) is 3.80. The van der Waals surface area contributed by atoms with Crippen molar-refractivity contribution in [1.82, 2.24) is 14.5 Å². The lowest BCUT2D eigenvalue weighted by Gasteiger charge is -2.13. The summed E-state index contributed by atoms with van der Waals surface area (Å²) >= 11 is 0. The molecule has 1 atom stereocenters. The Labute approximate surface area is 139 Å². The highest BCUT2D eigenvalue weighted by Gasteiger charge is 2.15. The number of allylic oxidation sites excluding steroid dienone is 2. The van der Waals surface area contributed by atoms with Gasteiger partial charge in [0.05, 0.1) is 5.69 Å². The molecule has 0 aliphatic heterocycles. The van der Waals surface area contributed by atoms with Crippen LogP contribution in [0.15, 0.2) is 58.4 Å². The van der Waals surface area contributed by atoms with Crippen LogP contribution in [0, 0.1) is 4.91 Å². The Morgan fingerprint density at radius 1 is 1.54 bits per heavy atom. The average Bonchev–Trinajstić information content (AvgIpc) is 2.90. The van der Waals surface area contributed by atoms with E-state index < -0.39 is 0 Å². The van der Waals surface area contributed by atoms with Crippen LogP contribution in [0.25, 0.3) is 11.2 Å². The number of hydrogen-bond acceptors (Lipinski definition) is 5. The number of H-pyrrole nitrogens is 1. The van der Waals surface area contributed by atoms with Crippen molar-refractivity contribution in [2.75, 3.05) is 5.32 Å². The predicted molar refractivity (Wildman–Crippen MR) is 96.8 cm³/mol. The Kier molecular flexibility index (Phi) is 5.13. The first-order valence-corrected chi connectivity index (χ1v) is 7.65. The van der Waals surface area contributed by atoms with Crippen LogP contribution < -0.4 is 11.0 Å². The molecule has 7 heteroatoms. The number of pyridine rings is 1. The van der Waals surface area contributed by atoms with Crippen LogP contribution in [0.3, 0.4) is 0 Å². The van der Waals surface area contributed by atoms with Crippen LogP contribution >= 0.6 is 0 Å². The number of hydrogen-bond donors (Lipinski definition) is 2. The molecule has 0 saturated carbocycles. The normalized spacial score (nSPS) is 12.9. The van der Waals surface area contributed by atoms with E-state index in [1.165, 1.54) is 6.08 Å². The molecule has 0 aromatic carbocycles. The van der Waals surface area contributed by atoms with Gasteiger partial charge in [-0.1, -0.05) is 20.1 Å². The van der Waals surface area contributed by atoms with E-state index in [0.29, 0.717) is 28.1 Å². The van der Waals surface area contributed by atoms with Crippen molar-refractivity contribution in [3.8, 4) is 0 Å². The maximum atomic E-state index is 12.3. The molecule has 0 radical (unpaired) electrons. The Bertz CT molecular complexity index is 888. The molecule has 0 fully saturated rings. The summed E-state index contributed by atoms with van der Waals surface area (Å²) < 4.78 is 1.64.